The second kappa shape index (κ2) is 8.14. The van der Waals surface area contributed by atoms with Crippen LogP contribution in [0.15, 0.2) is 42.5 Å². The maximum atomic E-state index is 11.9. The first kappa shape index (κ1) is 16.8. The lowest BCUT2D eigenvalue weighted by Crippen LogP contribution is -2.40. The lowest BCUT2D eigenvalue weighted by molar-refractivity contribution is -0.117. The molecule has 0 radical (unpaired) electrons. The van der Waals surface area contributed by atoms with Gasteiger partial charge in [-0.05, 0) is 56.3 Å². The Morgan fingerprint density at radius 3 is 2.48 bits per heavy atom. The molecule has 120 valence electrons. The predicted molar refractivity (Wildman–Crippen MR) is 91.3 cm³/mol. The molecule has 0 saturated heterocycles. The Morgan fingerprint density at radius 2 is 1.87 bits per heavy atom. The second-order valence-corrected chi connectivity index (χ2v) is 6.00. The third-order valence-corrected chi connectivity index (χ3v) is 3.85. The van der Waals surface area contributed by atoms with Crippen LogP contribution in [0.4, 0.5) is 0 Å². The highest BCUT2D eigenvalue weighted by Crippen LogP contribution is 2.16. The molecule has 0 aliphatic carbocycles. The second-order valence-electron chi connectivity index (χ2n) is 4.68. The number of carbonyl (C=O) groups excluding carboxylic acids is 2. The van der Waals surface area contributed by atoms with E-state index in [2.05, 4.69) is 10.9 Å². The minimum absolute atomic E-state index is 0.387. The summed E-state index contributed by atoms with van der Waals surface area (Å²) < 4.78 is 5.30. The summed E-state index contributed by atoms with van der Waals surface area (Å²) in [5, 5.41) is 0. The Morgan fingerprint density at radius 1 is 1.13 bits per heavy atom. The molecule has 0 saturated carbocycles. The van der Waals surface area contributed by atoms with Gasteiger partial charge in [0.2, 0.25) is 0 Å². The maximum absolute atomic E-state index is 11.9. The summed E-state index contributed by atoms with van der Waals surface area (Å²) in [6, 6.07) is 10.6. The summed E-state index contributed by atoms with van der Waals surface area (Å²) in [7, 11) is 0. The lowest BCUT2D eigenvalue weighted by atomic mass is 10.2. The average Bonchev–Trinajstić information content (AvgIpc) is 2.97. The molecule has 0 unspecified atom stereocenters. The van der Waals surface area contributed by atoms with Crippen LogP contribution >= 0.6 is 11.3 Å². The molecule has 0 aliphatic rings. The number of hydrogen-bond acceptors (Lipinski definition) is 4. The molecule has 0 atom stereocenters. The maximum Gasteiger partial charge on any atom is 0.269 e. The Balaban J connectivity index is 1.83. The van der Waals surface area contributed by atoms with Crippen LogP contribution in [0.25, 0.3) is 6.08 Å². The molecular weight excluding hydrogens is 312 g/mol. The van der Waals surface area contributed by atoms with Gasteiger partial charge in [-0.25, -0.2) is 0 Å². The first-order valence-corrected chi connectivity index (χ1v) is 7.98. The summed E-state index contributed by atoms with van der Waals surface area (Å²) in [5.41, 5.74) is 5.15. The van der Waals surface area contributed by atoms with Crippen molar-refractivity contribution in [3.8, 4) is 5.75 Å². The Hall–Kier alpha value is -2.60. The fourth-order valence-electron chi connectivity index (χ4n) is 1.80. The van der Waals surface area contributed by atoms with E-state index in [1.54, 1.807) is 41.7 Å². The van der Waals surface area contributed by atoms with E-state index in [-0.39, 0.29) is 5.91 Å². The van der Waals surface area contributed by atoms with E-state index in [4.69, 9.17) is 4.74 Å². The van der Waals surface area contributed by atoms with Crippen LogP contribution in [0, 0.1) is 6.92 Å². The number of aryl methyl sites for hydroxylation is 1. The number of amides is 2. The topological polar surface area (TPSA) is 67.4 Å². The van der Waals surface area contributed by atoms with E-state index < -0.39 is 5.91 Å². The first-order chi connectivity index (χ1) is 11.1. The Bertz CT molecular complexity index is 705. The van der Waals surface area contributed by atoms with Crippen molar-refractivity contribution in [2.45, 2.75) is 13.8 Å². The number of nitrogens with one attached hydrogen (secondary N) is 2. The zero-order valence-electron chi connectivity index (χ0n) is 13.0. The van der Waals surface area contributed by atoms with Crippen molar-refractivity contribution >= 4 is 29.2 Å². The molecule has 2 aromatic rings. The van der Waals surface area contributed by atoms with Gasteiger partial charge in [-0.3, -0.25) is 20.4 Å². The third kappa shape index (κ3) is 5.27. The highest BCUT2D eigenvalue weighted by atomic mass is 32.1. The molecule has 1 heterocycles. The molecule has 23 heavy (non-hydrogen) atoms. The van der Waals surface area contributed by atoms with E-state index in [1.165, 1.54) is 11.0 Å². The van der Waals surface area contributed by atoms with E-state index in [1.807, 2.05) is 26.0 Å². The lowest BCUT2D eigenvalue weighted by Gasteiger charge is -2.06. The van der Waals surface area contributed by atoms with Crippen LogP contribution in [-0.2, 0) is 4.79 Å². The van der Waals surface area contributed by atoms with Gasteiger partial charge in [-0.1, -0.05) is 0 Å². The Kier molecular flexibility index (Phi) is 5.94. The van der Waals surface area contributed by atoms with E-state index in [0.29, 0.717) is 17.9 Å². The fourth-order valence-corrected chi connectivity index (χ4v) is 2.58. The van der Waals surface area contributed by atoms with Gasteiger partial charge in [-0.2, -0.15) is 0 Å². The Labute approximate surface area is 139 Å². The summed E-state index contributed by atoms with van der Waals surface area (Å²) in [5.74, 6) is -0.0839. The molecule has 5 nitrogen and oxygen atoms in total. The fraction of sp³-hybridized carbons (Fsp3) is 0.176. The van der Waals surface area contributed by atoms with Gasteiger partial charge in [0.1, 0.15) is 5.75 Å². The molecule has 1 aromatic heterocycles. The molecule has 0 fully saturated rings. The monoisotopic (exact) mass is 330 g/mol. The van der Waals surface area contributed by atoms with Crippen molar-refractivity contribution in [2.24, 2.45) is 0 Å². The molecular formula is C17H18N2O3S. The van der Waals surface area contributed by atoms with Crippen LogP contribution in [0.3, 0.4) is 0 Å². The highest BCUT2D eigenvalue weighted by molar-refractivity contribution is 7.12. The molecule has 0 aliphatic heterocycles. The number of hydrazine groups is 1. The van der Waals surface area contributed by atoms with E-state index in [0.717, 1.165) is 4.88 Å². The largest absolute Gasteiger partial charge is 0.494 e. The molecule has 0 spiro atoms. The van der Waals surface area contributed by atoms with Crippen molar-refractivity contribution in [3.05, 3.63) is 57.8 Å². The molecule has 2 N–H and O–H groups in total. The SMILES string of the molecule is CCOc1ccc(C(=O)NNC(=O)/C=C/c2ccc(C)s2)cc1. The number of ether oxygens (including phenoxy) is 1. The smallest absolute Gasteiger partial charge is 0.269 e. The predicted octanol–water partition coefficient (Wildman–Crippen LogP) is 2.93. The van der Waals surface area contributed by atoms with Crippen molar-refractivity contribution in [3.63, 3.8) is 0 Å². The van der Waals surface area contributed by atoms with Gasteiger partial charge in [0.25, 0.3) is 11.8 Å². The molecule has 0 bridgehead atoms. The minimum atomic E-state index is -0.393. The number of thiophene rings is 1. The first-order valence-electron chi connectivity index (χ1n) is 7.16. The van der Waals surface area contributed by atoms with Crippen LogP contribution in [-0.4, -0.2) is 18.4 Å². The molecule has 1 aromatic carbocycles. The van der Waals surface area contributed by atoms with Crippen molar-refractivity contribution in [2.75, 3.05) is 6.61 Å². The summed E-state index contributed by atoms with van der Waals surface area (Å²) in [6.07, 6.45) is 3.08. The van der Waals surface area contributed by atoms with Gasteiger partial charge in [0.15, 0.2) is 0 Å². The molecule has 2 amide bonds. The average molecular weight is 330 g/mol. The third-order valence-electron chi connectivity index (χ3n) is 2.89. The van der Waals surface area contributed by atoms with E-state index in [9.17, 15) is 9.59 Å². The van der Waals surface area contributed by atoms with Crippen LogP contribution in [0.2, 0.25) is 0 Å². The highest BCUT2D eigenvalue weighted by Gasteiger charge is 2.06. The van der Waals surface area contributed by atoms with E-state index >= 15 is 0 Å². The standard InChI is InChI=1S/C17H18N2O3S/c1-3-22-14-7-5-13(6-8-14)17(21)19-18-16(20)11-10-15-9-4-12(2)23-15/h4-11H,3H2,1-2H3,(H,18,20)(H,19,21)/b11-10+. The van der Waals surface area contributed by atoms with Crippen molar-refractivity contribution in [1.29, 1.82) is 0 Å². The normalized spacial score (nSPS) is 10.5. The van der Waals surface area contributed by atoms with Gasteiger partial charge >= 0.3 is 0 Å². The number of hydrogen-bond donors (Lipinski definition) is 2. The van der Waals surface area contributed by atoms with Gasteiger partial charge < -0.3 is 4.74 Å². The van der Waals surface area contributed by atoms with Crippen LogP contribution in [0.1, 0.15) is 27.0 Å². The zero-order valence-corrected chi connectivity index (χ0v) is 13.8. The summed E-state index contributed by atoms with van der Waals surface area (Å²) in [4.78, 5) is 25.7. The van der Waals surface area contributed by atoms with Gasteiger partial charge in [0.05, 0.1) is 6.61 Å². The summed E-state index contributed by atoms with van der Waals surface area (Å²) >= 11 is 1.59. The quantitative estimate of drug-likeness (QED) is 0.654. The van der Waals surface area contributed by atoms with Gasteiger partial charge in [-0.15, -0.1) is 11.3 Å². The van der Waals surface area contributed by atoms with Crippen molar-refractivity contribution < 1.29 is 14.3 Å². The number of rotatable bonds is 5. The molecule has 2 rings (SSSR count). The number of carbonyl (C=O) groups is 2. The minimum Gasteiger partial charge on any atom is -0.494 e. The number of benzene rings is 1. The summed E-state index contributed by atoms with van der Waals surface area (Å²) in [6.45, 7) is 4.46. The van der Waals surface area contributed by atoms with Crippen LogP contribution in [0.5, 0.6) is 5.75 Å². The van der Waals surface area contributed by atoms with Crippen LogP contribution < -0.4 is 15.6 Å². The molecule has 6 heteroatoms. The van der Waals surface area contributed by atoms with Crippen molar-refractivity contribution in [1.82, 2.24) is 10.9 Å². The van der Waals surface area contributed by atoms with Gasteiger partial charge in [0, 0.05) is 21.4 Å². The zero-order chi connectivity index (χ0) is 16.7.